The number of halogens is 1. The maximum absolute atomic E-state index is 5.83. The first-order valence-corrected chi connectivity index (χ1v) is 7.07. The van der Waals surface area contributed by atoms with Crippen LogP contribution in [0.3, 0.4) is 0 Å². The zero-order chi connectivity index (χ0) is 11.7. The van der Waals surface area contributed by atoms with Crippen LogP contribution in [-0.4, -0.2) is 46.0 Å². The van der Waals surface area contributed by atoms with E-state index in [1.54, 1.807) is 11.3 Å². The number of hydrogen-bond acceptors (Lipinski definition) is 4. The van der Waals surface area contributed by atoms with Crippen LogP contribution >= 0.6 is 22.9 Å². The predicted octanol–water partition coefficient (Wildman–Crippen LogP) is 1.84. The molecule has 1 aliphatic rings. The fraction of sp³-hybridized carbons (Fsp3) is 0.545. The molecule has 3 heterocycles. The number of imidazole rings is 1. The highest BCUT2D eigenvalue weighted by Crippen LogP contribution is 2.14. The Labute approximate surface area is 109 Å². The third-order valence-electron chi connectivity index (χ3n) is 2.92. The van der Waals surface area contributed by atoms with E-state index in [0.717, 1.165) is 36.9 Å². The Balaban J connectivity index is 1.68. The van der Waals surface area contributed by atoms with Gasteiger partial charge in [0.05, 0.1) is 18.4 Å². The molecule has 0 bridgehead atoms. The van der Waals surface area contributed by atoms with Crippen LogP contribution in [0.5, 0.6) is 0 Å². The van der Waals surface area contributed by atoms with Gasteiger partial charge < -0.3 is 4.74 Å². The molecule has 2 aromatic heterocycles. The van der Waals surface area contributed by atoms with Gasteiger partial charge in [-0.3, -0.25) is 9.30 Å². The number of alkyl halides is 1. The van der Waals surface area contributed by atoms with Gasteiger partial charge in [0.15, 0.2) is 4.96 Å². The summed E-state index contributed by atoms with van der Waals surface area (Å²) in [4.78, 5) is 7.99. The molecule has 1 saturated heterocycles. The third-order valence-corrected chi connectivity index (χ3v) is 4.04. The smallest absolute Gasteiger partial charge is 0.193 e. The number of hydrogen-bond donors (Lipinski definition) is 0. The van der Waals surface area contributed by atoms with Crippen molar-refractivity contribution < 1.29 is 4.74 Å². The van der Waals surface area contributed by atoms with E-state index >= 15 is 0 Å². The van der Waals surface area contributed by atoms with Crippen LogP contribution in [0.2, 0.25) is 0 Å². The molecule has 6 heteroatoms. The molecular formula is C11H14ClN3OS. The van der Waals surface area contributed by atoms with Crippen LogP contribution in [0.1, 0.15) is 5.69 Å². The molecule has 3 rings (SSSR count). The van der Waals surface area contributed by atoms with Crippen molar-refractivity contribution in [2.75, 3.05) is 25.6 Å². The Morgan fingerprint density at radius 1 is 1.59 bits per heavy atom. The topological polar surface area (TPSA) is 29.8 Å². The molecule has 2 aromatic rings. The second kappa shape index (κ2) is 4.94. The zero-order valence-electron chi connectivity index (χ0n) is 9.38. The molecule has 1 aliphatic heterocycles. The summed E-state index contributed by atoms with van der Waals surface area (Å²) in [6, 6.07) is 0. The van der Waals surface area contributed by atoms with Gasteiger partial charge >= 0.3 is 0 Å². The van der Waals surface area contributed by atoms with Gasteiger partial charge in [0, 0.05) is 43.3 Å². The number of nitrogens with zero attached hydrogens (tertiary/aromatic N) is 3. The van der Waals surface area contributed by atoms with E-state index in [0.29, 0.717) is 5.88 Å². The van der Waals surface area contributed by atoms with E-state index < -0.39 is 0 Å². The van der Waals surface area contributed by atoms with Gasteiger partial charge in [0.1, 0.15) is 0 Å². The van der Waals surface area contributed by atoms with Gasteiger partial charge in [-0.15, -0.1) is 22.9 Å². The van der Waals surface area contributed by atoms with Gasteiger partial charge in [-0.05, 0) is 0 Å². The Hall–Kier alpha value is -0.620. The highest BCUT2D eigenvalue weighted by Gasteiger charge is 2.20. The van der Waals surface area contributed by atoms with Crippen molar-refractivity contribution in [2.24, 2.45) is 0 Å². The zero-order valence-corrected chi connectivity index (χ0v) is 11.0. The van der Waals surface area contributed by atoms with Crippen molar-refractivity contribution in [2.45, 2.75) is 12.6 Å². The molecule has 0 spiro atoms. The van der Waals surface area contributed by atoms with Crippen LogP contribution in [-0.2, 0) is 11.3 Å². The van der Waals surface area contributed by atoms with Gasteiger partial charge in [-0.25, -0.2) is 4.98 Å². The SMILES string of the molecule is ClCC1CN(Cc2cn3ccsc3n2)CCO1. The molecule has 1 fully saturated rings. The first-order chi connectivity index (χ1) is 8.35. The summed E-state index contributed by atoms with van der Waals surface area (Å²) in [5, 5.41) is 2.05. The van der Waals surface area contributed by atoms with Crippen molar-refractivity contribution in [3.8, 4) is 0 Å². The summed E-state index contributed by atoms with van der Waals surface area (Å²) in [7, 11) is 0. The third kappa shape index (κ3) is 2.47. The van der Waals surface area contributed by atoms with Gasteiger partial charge in [-0.1, -0.05) is 0 Å². The highest BCUT2D eigenvalue weighted by molar-refractivity contribution is 7.15. The molecule has 0 amide bonds. The summed E-state index contributed by atoms with van der Waals surface area (Å²) >= 11 is 7.49. The van der Waals surface area contributed by atoms with Crippen LogP contribution in [0, 0.1) is 0 Å². The second-order valence-corrected chi connectivity index (χ2v) is 5.39. The summed E-state index contributed by atoms with van der Waals surface area (Å²) in [6.45, 7) is 3.50. The molecule has 0 aliphatic carbocycles. The molecule has 4 nitrogen and oxygen atoms in total. The number of thiazole rings is 1. The quantitative estimate of drug-likeness (QED) is 0.798. The number of aromatic nitrogens is 2. The Bertz CT molecular complexity index is 469. The number of morpholine rings is 1. The van der Waals surface area contributed by atoms with Crippen molar-refractivity contribution in [3.05, 3.63) is 23.5 Å². The number of ether oxygens (including phenoxy) is 1. The van der Waals surface area contributed by atoms with E-state index in [9.17, 15) is 0 Å². The van der Waals surface area contributed by atoms with Gasteiger partial charge in [0.25, 0.3) is 0 Å². The first-order valence-electron chi connectivity index (χ1n) is 5.66. The summed E-state index contributed by atoms with van der Waals surface area (Å²) < 4.78 is 7.61. The first kappa shape index (κ1) is 11.5. The van der Waals surface area contributed by atoms with Crippen molar-refractivity contribution in [3.63, 3.8) is 0 Å². The molecule has 1 atom stereocenters. The van der Waals surface area contributed by atoms with E-state index in [4.69, 9.17) is 16.3 Å². The van der Waals surface area contributed by atoms with Crippen LogP contribution < -0.4 is 0 Å². The molecule has 17 heavy (non-hydrogen) atoms. The van der Waals surface area contributed by atoms with E-state index in [2.05, 4.69) is 20.5 Å². The lowest BCUT2D eigenvalue weighted by atomic mass is 10.3. The standard InChI is InChI=1S/C11H14ClN3OS/c12-5-10-8-14(1-3-16-10)6-9-7-15-2-4-17-11(15)13-9/h2,4,7,10H,1,3,5-6,8H2. The minimum absolute atomic E-state index is 0.161. The Morgan fingerprint density at radius 3 is 3.35 bits per heavy atom. The molecule has 0 aromatic carbocycles. The summed E-state index contributed by atoms with van der Waals surface area (Å²) in [5.74, 6) is 0.564. The molecule has 0 N–H and O–H groups in total. The number of rotatable bonds is 3. The molecular weight excluding hydrogens is 258 g/mol. The van der Waals surface area contributed by atoms with E-state index in [1.807, 2.05) is 11.6 Å². The lowest BCUT2D eigenvalue weighted by Gasteiger charge is -2.31. The van der Waals surface area contributed by atoms with Crippen LogP contribution in [0.4, 0.5) is 0 Å². The van der Waals surface area contributed by atoms with Crippen molar-refractivity contribution in [1.82, 2.24) is 14.3 Å². The normalized spacial score (nSPS) is 22.3. The monoisotopic (exact) mass is 271 g/mol. The second-order valence-electron chi connectivity index (χ2n) is 4.21. The highest BCUT2D eigenvalue weighted by atomic mass is 35.5. The lowest BCUT2D eigenvalue weighted by Crippen LogP contribution is -2.42. The molecule has 0 saturated carbocycles. The van der Waals surface area contributed by atoms with Crippen LogP contribution in [0.25, 0.3) is 4.96 Å². The lowest BCUT2D eigenvalue weighted by molar-refractivity contribution is -0.0197. The summed E-state index contributed by atoms with van der Waals surface area (Å²) in [6.07, 6.45) is 4.29. The predicted molar refractivity (Wildman–Crippen MR) is 68.8 cm³/mol. The van der Waals surface area contributed by atoms with Crippen molar-refractivity contribution >= 4 is 27.9 Å². The average Bonchev–Trinajstić information content (AvgIpc) is 2.90. The maximum Gasteiger partial charge on any atom is 0.193 e. The van der Waals surface area contributed by atoms with Crippen molar-refractivity contribution in [1.29, 1.82) is 0 Å². The molecule has 1 unspecified atom stereocenters. The van der Waals surface area contributed by atoms with Crippen LogP contribution in [0.15, 0.2) is 17.8 Å². The average molecular weight is 272 g/mol. The Kier molecular flexibility index (Phi) is 3.33. The minimum Gasteiger partial charge on any atom is -0.374 e. The minimum atomic E-state index is 0.161. The summed E-state index contributed by atoms with van der Waals surface area (Å²) in [5.41, 5.74) is 1.12. The van der Waals surface area contributed by atoms with Gasteiger partial charge in [-0.2, -0.15) is 0 Å². The van der Waals surface area contributed by atoms with Gasteiger partial charge in [0.2, 0.25) is 0 Å². The maximum atomic E-state index is 5.83. The van der Waals surface area contributed by atoms with E-state index in [1.165, 1.54) is 0 Å². The fourth-order valence-electron chi connectivity index (χ4n) is 2.10. The fourth-order valence-corrected chi connectivity index (χ4v) is 3.00. The molecule has 92 valence electrons. The number of fused-ring (bicyclic) bond motifs is 1. The Morgan fingerprint density at radius 2 is 2.53 bits per heavy atom. The molecule has 0 radical (unpaired) electrons. The van der Waals surface area contributed by atoms with E-state index in [-0.39, 0.29) is 6.10 Å². The largest absolute Gasteiger partial charge is 0.374 e.